The first-order chi connectivity index (χ1) is 3.84. The summed E-state index contributed by atoms with van der Waals surface area (Å²) in [5.41, 5.74) is 0. The van der Waals surface area contributed by atoms with Crippen LogP contribution in [0.5, 0.6) is 0 Å². The zero-order valence-corrected chi connectivity index (χ0v) is 5.78. The third-order valence-electron chi connectivity index (χ3n) is 2.13. The molecule has 1 heterocycles. The lowest BCUT2D eigenvalue weighted by Crippen LogP contribution is -2.24. The van der Waals surface area contributed by atoms with Crippen LogP contribution in [-0.2, 0) is 0 Å². The van der Waals surface area contributed by atoms with Gasteiger partial charge in [0.25, 0.3) is 0 Å². The second-order valence-corrected chi connectivity index (χ2v) is 2.73. The molecule has 1 heteroatoms. The van der Waals surface area contributed by atoms with Gasteiger partial charge in [0.2, 0.25) is 0 Å². The first-order valence-electron chi connectivity index (χ1n) is 3.58. The molecule has 1 saturated heterocycles. The van der Waals surface area contributed by atoms with Gasteiger partial charge in [-0.15, -0.1) is 0 Å². The van der Waals surface area contributed by atoms with Crippen molar-refractivity contribution in [2.24, 2.45) is 5.92 Å². The molecule has 0 aromatic rings. The number of nitrogens with one attached hydrogen (secondary N) is 1. The molecule has 2 atom stereocenters. The van der Waals surface area contributed by atoms with E-state index < -0.39 is 0 Å². The van der Waals surface area contributed by atoms with E-state index >= 15 is 0 Å². The van der Waals surface area contributed by atoms with Crippen LogP contribution < -0.4 is 5.32 Å². The molecular formula is C7H15N. The van der Waals surface area contributed by atoms with Crippen LogP contribution in [0.4, 0.5) is 0 Å². The van der Waals surface area contributed by atoms with Crippen LogP contribution in [0, 0.1) is 5.92 Å². The smallest absolute Gasteiger partial charge is 0.00905 e. The monoisotopic (exact) mass is 113 g/mol. The van der Waals surface area contributed by atoms with E-state index in [9.17, 15) is 0 Å². The van der Waals surface area contributed by atoms with E-state index in [1.54, 1.807) is 0 Å². The van der Waals surface area contributed by atoms with Gasteiger partial charge in [-0.25, -0.2) is 0 Å². The fourth-order valence-corrected chi connectivity index (χ4v) is 1.45. The van der Waals surface area contributed by atoms with Crippen LogP contribution >= 0.6 is 0 Å². The molecule has 1 aliphatic heterocycles. The van der Waals surface area contributed by atoms with Crippen LogP contribution in [0.3, 0.4) is 0 Å². The quantitative estimate of drug-likeness (QED) is 0.542. The maximum absolute atomic E-state index is 3.46. The standard InChI is InChI=1S/C7H15N/c1-3-7-6(2)4-5-8-7/h6-8H,3-5H2,1-2H3. The molecule has 1 fully saturated rings. The van der Waals surface area contributed by atoms with Crippen molar-refractivity contribution in [1.82, 2.24) is 5.32 Å². The Kier molecular flexibility index (Phi) is 1.90. The third kappa shape index (κ3) is 1.03. The molecule has 0 radical (unpaired) electrons. The number of rotatable bonds is 1. The average molecular weight is 113 g/mol. The predicted octanol–water partition coefficient (Wildman–Crippen LogP) is 1.39. The van der Waals surface area contributed by atoms with Gasteiger partial charge >= 0.3 is 0 Å². The zero-order valence-electron chi connectivity index (χ0n) is 5.78. The molecule has 2 unspecified atom stereocenters. The topological polar surface area (TPSA) is 12.0 Å². The molecule has 1 aliphatic rings. The summed E-state index contributed by atoms with van der Waals surface area (Å²) < 4.78 is 0. The fraction of sp³-hybridized carbons (Fsp3) is 1.00. The van der Waals surface area contributed by atoms with Crippen molar-refractivity contribution in [3.63, 3.8) is 0 Å². The van der Waals surface area contributed by atoms with Crippen LogP contribution in [0.2, 0.25) is 0 Å². The highest BCUT2D eigenvalue weighted by atomic mass is 14.9. The minimum absolute atomic E-state index is 0.815. The third-order valence-corrected chi connectivity index (χ3v) is 2.13. The highest BCUT2D eigenvalue weighted by Crippen LogP contribution is 2.15. The highest BCUT2D eigenvalue weighted by Gasteiger charge is 2.19. The van der Waals surface area contributed by atoms with Crippen LogP contribution in [0.15, 0.2) is 0 Å². The first-order valence-corrected chi connectivity index (χ1v) is 3.58. The summed E-state index contributed by atoms with van der Waals surface area (Å²) in [6.07, 6.45) is 2.67. The van der Waals surface area contributed by atoms with Crippen molar-refractivity contribution in [1.29, 1.82) is 0 Å². The van der Waals surface area contributed by atoms with E-state index in [2.05, 4.69) is 19.2 Å². The maximum atomic E-state index is 3.46. The predicted molar refractivity (Wildman–Crippen MR) is 35.9 cm³/mol. The van der Waals surface area contributed by atoms with E-state index in [0.29, 0.717) is 0 Å². The summed E-state index contributed by atoms with van der Waals surface area (Å²) in [4.78, 5) is 0. The Bertz CT molecular complexity index is 70.8. The van der Waals surface area contributed by atoms with E-state index in [1.165, 1.54) is 19.4 Å². The Morgan fingerprint density at radius 3 is 2.62 bits per heavy atom. The van der Waals surface area contributed by atoms with Gasteiger partial charge in [0.05, 0.1) is 0 Å². The van der Waals surface area contributed by atoms with Crippen molar-refractivity contribution in [2.45, 2.75) is 32.7 Å². The largest absolute Gasteiger partial charge is 0.314 e. The summed E-state index contributed by atoms with van der Waals surface area (Å²) in [5, 5.41) is 3.46. The van der Waals surface area contributed by atoms with E-state index in [1.807, 2.05) is 0 Å². The molecular weight excluding hydrogens is 98.1 g/mol. The zero-order chi connectivity index (χ0) is 5.98. The molecule has 0 spiro atoms. The molecule has 0 aromatic heterocycles. The molecule has 8 heavy (non-hydrogen) atoms. The second kappa shape index (κ2) is 2.49. The van der Waals surface area contributed by atoms with Crippen LogP contribution in [0.25, 0.3) is 0 Å². The van der Waals surface area contributed by atoms with Crippen molar-refractivity contribution >= 4 is 0 Å². The number of hydrogen-bond acceptors (Lipinski definition) is 1. The summed E-state index contributed by atoms with van der Waals surface area (Å²) in [6.45, 7) is 5.81. The van der Waals surface area contributed by atoms with Gasteiger partial charge in [0.1, 0.15) is 0 Å². The molecule has 0 saturated carbocycles. The van der Waals surface area contributed by atoms with Gasteiger partial charge in [0, 0.05) is 6.04 Å². The van der Waals surface area contributed by atoms with Crippen LogP contribution in [-0.4, -0.2) is 12.6 Å². The molecule has 0 aromatic carbocycles. The maximum Gasteiger partial charge on any atom is 0.00905 e. The second-order valence-electron chi connectivity index (χ2n) is 2.73. The first kappa shape index (κ1) is 6.09. The summed E-state index contributed by atoms with van der Waals surface area (Å²) in [5.74, 6) is 0.917. The number of hydrogen-bond donors (Lipinski definition) is 1. The molecule has 1 N–H and O–H groups in total. The molecule has 1 nitrogen and oxygen atoms in total. The van der Waals surface area contributed by atoms with E-state index in [0.717, 1.165) is 12.0 Å². The Hall–Kier alpha value is -0.0400. The molecule has 0 aliphatic carbocycles. The highest BCUT2D eigenvalue weighted by molar-refractivity contribution is 4.78. The van der Waals surface area contributed by atoms with Gasteiger partial charge < -0.3 is 5.32 Å². The lowest BCUT2D eigenvalue weighted by molar-refractivity contribution is 0.470. The van der Waals surface area contributed by atoms with Gasteiger partial charge in [0.15, 0.2) is 0 Å². The normalized spacial score (nSPS) is 38.2. The van der Waals surface area contributed by atoms with Crippen molar-refractivity contribution in [3.05, 3.63) is 0 Å². The van der Waals surface area contributed by atoms with E-state index in [-0.39, 0.29) is 0 Å². The molecule has 1 rings (SSSR count). The Morgan fingerprint density at radius 1 is 1.62 bits per heavy atom. The minimum Gasteiger partial charge on any atom is -0.314 e. The Balaban J connectivity index is 2.30. The van der Waals surface area contributed by atoms with Gasteiger partial charge in [-0.1, -0.05) is 13.8 Å². The van der Waals surface area contributed by atoms with Crippen molar-refractivity contribution in [2.75, 3.05) is 6.54 Å². The van der Waals surface area contributed by atoms with Gasteiger partial charge in [-0.2, -0.15) is 0 Å². The van der Waals surface area contributed by atoms with Crippen molar-refractivity contribution in [3.8, 4) is 0 Å². The minimum atomic E-state index is 0.815. The van der Waals surface area contributed by atoms with Gasteiger partial charge in [-0.05, 0) is 25.3 Å². The molecule has 0 bridgehead atoms. The SMILES string of the molecule is CCC1NCCC1C. The summed E-state index contributed by atoms with van der Waals surface area (Å²) in [6, 6.07) is 0.815. The Labute approximate surface area is 51.5 Å². The van der Waals surface area contributed by atoms with Crippen LogP contribution in [0.1, 0.15) is 26.7 Å². The van der Waals surface area contributed by atoms with Gasteiger partial charge in [-0.3, -0.25) is 0 Å². The summed E-state index contributed by atoms with van der Waals surface area (Å²) >= 11 is 0. The molecule has 48 valence electrons. The lowest BCUT2D eigenvalue weighted by atomic mass is 10.0. The fourth-order valence-electron chi connectivity index (χ4n) is 1.45. The average Bonchev–Trinajstić information content (AvgIpc) is 2.14. The molecule has 0 amide bonds. The Morgan fingerprint density at radius 2 is 2.38 bits per heavy atom. The lowest BCUT2D eigenvalue weighted by Gasteiger charge is -2.10. The summed E-state index contributed by atoms with van der Waals surface area (Å²) in [7, 11) is 0. The van der Waals surface area contributed by atoms with Crippen molar-refractivity contribution < 1.29 is 0 Å². The van der Waals surface area contributed by atoms with E-state index in [4.69, 9.17) is 0 Å².